The molecule has 0 spiro atoms. The largest absolute Gasteiger partial charge is 0.416 e. The fraction of sp³-hybridized carbons (Fsp3) is 0.526. The summed E-state index contributed by atoms with van der Waals surface area (Å²) in [6, 6.07) is 9.90. The minimum absolute atomic E-state index is 0.151. The van der Waals surface area contributed by atoms with Gasteiger partial charge >= 0.3 is 12.4 Å². The summed E-state index contributed by atoms with van der Waals surface area (Å²) in [5.74, 6) is 2.09. The monoisotopic (exact) mass is 799 g/mol. The summed E-state index contributed by atoms with van der Waals surface area (Å²) in [4.78, 5) is 36.5. The highest BCUT2D eigenvalue weighted by Crippen LogP contribution is 2.33. The SMILES string of the molecule is FC(F)(F)c1cccc(Nc2nc(NCCN3CCN(c4nc(Nc5cccc(C(F)(F)F)c5)nc(N5CCCCCC5)n4)CC3)nc(N3CCCCCC3)n2)c1. The summed E-state index contributed by atoms with van der Waals surface area (Å²) < 4.78 is 80.6. The van der Waals surface area contributed by atoms with Gasteiger partial charge in [-0.05, 0) is 62.1 Å². The third-order valence-corrected chi connectivity index (χ3v) is 10.3. The molecule has 2 aromatic heterocycles. The molecule has 3 fully saturated rings. The predicted octanol–water partition coefficient (Wildman–Crippen LogP) is 7.58. The second kappa shape index (κ2) is 17.9. The van der Waals surface area contributed by atoms with Crippen LogP contribution in [0.15, 0.2) is 48.5 Å². The van der Waals surface area contributed by atoms with Gasteiger partial charge in [-0.15, -0.1) is 0 Å². The zero-order valence-electron chi connectivity index (χ0n) is 31.6. The van der Waals surface area contributed by atoms with E-state index in [0.717, 1.165) is 102 Å². The molecule has 13 nitrogen and oxygen atoms in total. The van der Waals surface area contributed by atoms with Gasteiger partial charge in [0.25, 0.3) is 0 Å². The van der Waals surface area contributed by atoms with Gasteiger partial charge in [0.05, 0.1) is 11.1 Å². The van der Waals surface area contributed by atoms with Gasteiger partial charge in [-0.2, -0.15) is 56.2 Å². The quantitative estimate of drug-likeness (QED) is 0.129. The number of anilines is 8. The lowest BCUT2D eigenvalue weighted by Crippen LogP contribution is -2.48. The number of alkyl halides is 6. The van der Waals surface area contributed by atoms with Crippen LogP contribution in [0.25, 0.3) is 0 Å². The number of piperazine rings is 1. The summed E-state index contributed by atoms with van der Waals surface area (Å²) in [7, 11) is 0. The van der Waals surface area contributed by atoms with Gasteiger partial charge in [-0.25, -0.2) is 0 Å². The normalized spacial score (nSPS) is 17.5. The molecule has 0 radical (unpaired) electrons. The van der Waals surface area contributed by atoms with Crippen LogP contribution < -0.4 is 30.7 Å². The van der Waals surface area contributed by atoms with Crippen molar-refractivity contribution in [3.63, 3.8) is 0 Å². The van der Waals surface area contributed by atoms with Crippen molar-refractivity contribution < 1.29 is 26.3 Å². The number of benzene rings is 2. The lowest BCUT2D eigenvalue weighted by molar-refractivity contribution is -0.138. The molecule has 0 atom stereocenters. The molecule has 0 unspecified atom stereocenters. The van der Waals surface area contributed by atoms with Crippen molar-refractivity contribution in [2.75, 3.05) is 96.1 Å². The van der Waals surface area contributed by atoms with Gasteiger partial charge in [-0.3, -0.25) is 4.90 Å². The number of nitrogens with one attached hydrogen (secondary N) is 3. The topological polar surface area (TPSA) is 126 Å². The number of aromatic nitrogens is 6. The molecule has 3 aliphatic rings. The van der Waals surface area contributed by atoms with Crippen LogP contribution in [0.1, 0.15) is 62.5 Å². The van der Waals surface area contributed by atoms with Gasteiger partial charge in [0.1, 0.15) is 0 Å². The number of hydrogen-bond acceptors (Lipinski definition) is 13. The van der Waals surface area contributed by atoms with Crippen LogP contribution in [0.2, 0.25) is 0 Å². The molecule has 0 saturated carbocycles. The van der Waals surface area contributed by atoms with Crippen LogP contribution >= 0.6 is 0 Å². The molecule has 4 aromatic rings. The molecule has 57 heavy (non-hydrogen) atoms. The van der Waals surface area contributed by atoms with E-state index >= 15 is 0 Å². The van der Waals surface area contributed by atoms with E-state index in [9.17, 15) is 26.3 Å². The first-order valence-electron chi connectivity index (χ1n) is 19.6. The number of nitrogens with zero attached hydrogens (tertiary/aromatic N) is 10. The highest BCUT2D eigenvalue weighted by atomic mass is 19.4. The number of rotatable bonds is 11. The lowest BCUT2D eigenvalue weighted by atomic mass is 10.2. The van der Waals surface area contributed by atoms with Crippen LogP contribution in [0.4, 0.5) is 73.4 Å². The van der Waals surface area contributed by atoms with Crippen molar-refractivity contribution in [3.05, 3.63) is 59.7 Å². The van der Waals surface area contributed by atoms with E-state index in [1.807, 2.05) is 0 Å². The van der Waals surface area contributed by atoms with E-state index in [-0.39, 0.29) is 23.3 Å². The molecule has 5 heterocycles. The minimum atomic E-state index is -4.48. The molecule has 3 aliphatic heterocycles. The number of hydrogen-bond donors (Lipinski definition) is 3. The van der Waals surface area contributed by atoms with Crippen LogP contribution in [0.5, 0.6) is 0 Å². The fourth-order valence-corrected chi connectivity index (χ4v) is 7.18. The molecule has 0 bridgehead atoms. The Bertz CT molecular complexity index is 1920. The van der Waals surface area contributed by atoms with Crippen LogP contribution in [-0.2, 0) is 12.4 Å². The fourth-order valence-electron chi connectivity index (χ4n) is 7.18. The van der Waals surface area contributed by atoms with Crippen molar-refractivity contribution in [3.8, 4) is 0 Å². The van der Waals surface area contributed by atoms with E-state index in [4.69, 9.17) is 9.97 Å². The van der Waals surface area contributed by atoms with Crippen molar-refractivity contribution in [2.24, 2.45) is 0 Å². The Morgan fingerprint density at radius 3 is 1.37 bits per heavy atom. The maximum absolute atomic E-state index is 13.5. The molecule has 2 aromatic carbocycles. The second-order valence-corrected chi connectivity index (χ2v) is 14.5. The summed E-state index contributed by atoms with van der Waals surface area (Å²) in [5.41, 5.74) is -1.08. The zero-order valence-corrected chi connectivity index (χ0v) is 31.6. The van der Waals surface area contributed by atoms with Gasteiger partial charge in [0.15, 0.2) is 0 Å². The number of halogens is 6. The molecule has 306 valence electrons. The molecular formula is C38H47F6N13. The third kappa shape index (κ3) is 11.0. The van der Waals surface area contributed by atoms with Crippen molar-refractivity contribution in [1.82, 2.24) is 34.8 Å². The lowest BCUT2D eigenvalue weighted by Gasteiger charge is -2.35. The molecule has 3 N–H and O–H groups in total. The Balaban J connectivity index is 1.01. The zero-order chi connectivity index (χ0) is 39.8. The maximum atomic E-state index is 13.5. The predicted molar refractivity (Wildman–Crippen MR) is 208 cm³/mol. The Kier molecular flexibility index (Phi) is 12.6. The average molecular weight is 800 g/mol. The summed E-state index contributed by atoms with van der Waals surface area (Å²) in [6.07, 6.45) is -0.516. The Morgan fingerprint density at radius 2 is 0.895 bits per heavy atom. The van der Waals surface area contributed by atoms with E-state index in [1.165, 1.54) is 18.2 Å². The smallest absolute Gasteiger partial charge is 0.353 e. The van der Waals surface area contributed by atoms with E-state index in [1.54, 1.807) is 6.07 Å². The first-order valence-corrected chi connectivity index (χ1v) is 19.6. The summed E-state index contributed by atoms with van der Waals surface area (Å²) in [5, 5.41) is 9.25. The van der Waals surface area contributed by atoms with E-state index in [2.05, 4.69) is 55.5 Å². The highest BCUT2D eigenvalue weighted by molar-refractivity contribution is 5.59. The molecule has 7 rings (SSSR count). The Morgan fingerprint density at radius 1 is 0.474 bits per heavy atom. The third-order valence-electron chi connectivity index (χ3n) is 10.3. The van der Waals surface area contributed by atoms with Gasteiger partial charge in [0.2, 0.25) is 35.7 Å². The van der Waals surface area contributed by atoms with Crippen molar-refractivity contribution in [2.45, 2.75) is 63.7 Å². The molecule has 0 aliphatic carbocycles. The molecule has 0 amide bonds. The average Bonchev–Trinajstić information content (AvgIpc) is 3.64. The van der Waals surface area contributed by atoms with Gasteiger partial charge in [-0.1, -0.05) is 37.8 Å². The van der Waals surface area contributed by atoms with E-state index in [0.29, 0.717) is 63.1 Å². The van der Waals surface area contributed by atoms with Crippen molar-refractivity contribution >= 4 is 47.1 Å². The molecular weight excluding hydrogens is 752 g/mol. The van der Waals surface area contributed by atoms with Gasteiger partial charge < -0.3 is 30.7 Å². The first kappa shape index (κ1) is 40.0. The molecule has 3 saturated heterocycles. The first-order chi connectivity index (χ1) is 27.5. The summed E-state index contributed by atoms with van der Waals surface area (Å²) in [6.45, 7) is 6.91. The highest BCUT2D eigenvalue weighted by Gasteiger charge is 2.32. The van der Waals surface area contributed by atoms with Crippen molar-refractivity contribution in [1.29, 1.82) is 0 Å². The molecule has 19 heteroatoms. The standard InChI is InChI=1S/C38H47F6N13/c39-37(40,41)27-11-9-13-29(25-27)46-32-48-31(49-34(50-32)55-16-5-1-2-6-17-55)45-15-20-54-21-23-57(24-22-54)36-52-33(47-30-14-10-12-28(26-30)38(42,43)44)51-35(53-36)56-18-7-3-4-8-19-56/h9-14,25-26H,1-8,15-24H2,(H,47,51,52,53)(H2,45,46,48,49,50). The maximum Gasteiger partial charge on any atom is 0.416 e. The van der Waals surface area contributed by atoms with Crippen LogP contribution in [0.3, 0.4) is 0 Å². The Hall–Kier alpha value is -5.20. The van der Waals surface area contributed by atoms with Crippen LogP contribution in [0, 0.1) is 0 Å². The minimum Gasteiger partial charge on any atom is -0.353 e. The van der Waals surface area contributed by atoms with Crippen LogP contribution in [-0.4, -0.2) is 100 Å². The van der Waals surface area contributed by atoms with Gasteiger partial charge in [0, 0.05) is 76.8 Å². The Labute approximate surface area is 327 Å². The summed E-state index contributed by atoms with van der Waals surface area (Å²) >= 11 is 0. The second-order valence-electron chi connectivity index (χ2n) is 14.5. The van der Waals surface area contributed by atoms with E-state index < -0.39 is 23.5 Å².